The molecule has 0 radical (unpaired) electrons. The predicted molar refractivity (Wildman–Crippen MR) is 92.6 cm³/mol. The second kappa shape index (κ2) is 6.48. The first kappa shape index (κ1) is 11.8. The molecule has 0 spiro atoms. The van der Waals surface area contributed by atoms with Crippen LogP contribution >= 0.6 is 0 Å². The van der Waals surface area contributed by atoms with Gasteiger partial charge in [0.15, 0.2) is 0 Å². The number of fused-ring (bicyclic) bond motifs is 1. The number of aromatic amines is 1. The Bertz CT molecular complexity index is 934. The summed E-state index contributed by atoms with van der Waals surface area (Å²) in [5.41, 5.74) is 1.16. The molecule has 1 aliphatic heterocycles. The summed E-state index contributed by atoms with van der Waals surface area (Å²) < 4.78 is 32.2. The van der Waals surface area contributed by atoms with E-state index < -0.39 is 18.8 Å². The zero-order chi connectivity index (χ0) is 20.6. The average molecular weight is 330 g/mol. The van der Waals surface area contributed by atoms with Gasteiger partial charge in [-0.15, -0.1) is 0 Å². The standard InChI is InChI=1S/C17H22N6O/c1-11-5-6-23(15(24)8-18-3)9-14(11)22(4)17-13-7-12(2)21-16(13)19-10-20-17/h7,10-11,14H,5-6,8-9H2,1-2,4H3,(H,19,20,21)/t11-,14+/m1/s1/i1D3,7D. The number of rotatable bonds is 3. The van der Waals surface area contributed by atoms with Crippen LogP contribution in [0, 0.1) is 19.4 Å². The number of hydrogen-bond acceptors (Lipinski definition) is 4. The third-order valence-electron chi connectivity index (χ3n) is 4.43. The summed E-state index contributed by atoms with van der Waals surface area (Å²) in [5.74, 6) is -0.504. The molecule has 0 saturated carbocycles. The van der Waals surface area contributed by atoms with Crippen molar-refractivity contribution in [3.63, 3.8) is 0 Å². The molecule has 0 aromatic carbocycles. The molecule has 2 atom stereocenters. The molecule has 0 unspecified atom stereocenters. The average Bonchev–Trinajstić information content (AvgIpc) is 2.94. The van der Waals surface area contributed by atoms with Crippen LogP contribution in [0.15, 0.2) is 12.4 Å². The first-order chi connectivity index (χ1) is 13.1. The van der Waals surface area contributed by atoms with Gasteiger partial charge in [0.1, 0.15) is 17.8 Å². The van der Waals surface area contributed by atoms with Crippen molar-refractivity contribution < 1.29 is 10.3 Å². The van der Waals surface area contributed by atoms with E-state index in [2.05, 4.69) is 19.8 Å². The van der Waals surface area contributed by atoms with Crippen molar-refractivity contribution in [3.8, 4) is 0 Å². The van der Waals surface area contributed by atoms with Crippen molar-refractivity contribution >= 4 is 22.8 Å². The Kier molecular flexibility index (Phi) is 3.20. The number of carbonyl (C=O) groups is 1. The number of nitrogens with zero attached hydrogens (tertiary/aromatic N) is 5. The second-order valence-electron chi connectivity index (χ2n) is 6.03. The minimum Gasteiger partial charge on any atom is -0.354 e. The highest BCUT2D eigenvalue weighted by molar-refractivity contribution is 5.88. The first-order valence-electron chi connectivity index (χ1n) is 9.78. The maximum absolute atomic E-state index is 12.2. The van der Waals surface area contributed by atoms with Gasteiger partial charge in [-0.3, -0.25) is 4.79 Å². The number of nitrogens with one attached hydrogen (secondary N) is 1. The van der Waals surface area contributed by atoms with E-state index in [-0.39, 0.29) is 25.0 Å². The molecule has 7 heteroatoms. The molecule has 2 aromatic heterocycles. The van der Waals surface area contributed by atoms with E-state index in [0.29, 0.717) is 35.5 Å². The fourth-order valence-electron chi connectivity index (χ4n) is 3.13. The summed E-state index contributed by atoms with van der Waals surface area (Å²) in [7, 11) is 1.73. The van der Waals surface area contributed by atoms with E-state index in [1.807, 2.05) is 0 Å². The Morgan fingerprint density at radius 3 is 3.25 bits per heavy atom. The van der Waals surface area contributed by atoms with Crippen LogP contribution in [-0.4, -0.2) is 58.5 Å². The quantitative estimate of drug-likeness (QED) is 0.872. The van der Waals surface area contributed by atoms with E-state index in [1.54, 1.807) is 23.8 Å². The number of amides is 1. The van der Waals surface area contributed by atoms with Gasteiger partial charge < -0.3 is 19.6 Å². The number of piperidine rings is 1. The van der Waals surface area contributed by atoms with Crippen molar-refractivity contribution in [3.05, 3.63) is 29.5 Å². The predicted octanol–water partition coefficient (Wildman–Crippen LogP) is 1.86. The third-order valence-corrected chi connectivity index (χ3v) is 4.43. The Balaban J connectivity index is 2.01. The molecule has 0 aliphatic carbocycles. The molecular formula is C17H22N6O. The first-order valence-corrected chi connectivity index (χ1v) is 7.78. The van der Waals surface area contributed by atoms with Gasteiger partial charge in [0.25, 0.3) is 6.54 Å². The van der Waals surface area contributed by atoms with E-state index >= 15 is 0 Å². The lowest BCUT2D eigenvalue weighted by Gasteiger charge is -2.41. The summed E-state index contributed by atoms with van der Waals surface area (Å²) in [4.78, 5) is 30.2. The van der Waals surface area contributed by atoms with Gasteiger partial charge in [0, 0.05) is 29.9 Å². The van der Waals surface area contributed by atoms with Crippen LogP contribution < -0.4 is 4.90 Å². The fraction of sp³-hybridized carbons (Fsp3) is 0.529. The normalized spacial score (nSPS) is 23.8. The number of aromatic nitrogens is 3. The lowest BCUT2D eigenvalue weighted by atomic mass is 9.92. The Labute approximate surface area is 147 Å². The molecule has 3 rings (SSSR count). The number of anilines is 1. The van der Waals surface area contributed by atoms with Gasteiger partial charge in [-0.05, 0) is 25.3 Å². The molecule has 0 bridgehead atoms. The highest BCUT2D eigenvalue weighted by Gasteiger charge is 2.33. The van der Waals surface area contributed by atoms with E-state index in [0.717, 1.165) is 0 Å². The molecule has 1 fully saturated rings. The van der Waals surface area contributed by atoms with Crippen LogP contribution in [-0.2, 0) is 4.79 Å². The highest BCUT2D eigenvalue weighted by atomic mass is 16.2. The molecule has 7 nitrogen and oxygen atoms in total. The monoisotopic (exact) mass is 330 g/mol. The Morgan fingerprint density at radius 1 is 1.67 bits per heavy atom. The molecule has 1 aliphatic rings. The van der Waals surface area contributed by atoms with Gasteiger partial charge in [-0.1, -0.05) is 6.85 Å². The summed E-state index contributed by atoms with van der Waals surface area (Å²) in [5, 5.41) is 0.524. The lowest BCUT2D eigenvalue weighted by molar-refractivity contribution is -0.130. The van der Waals surface area contributed by atoms with Crippen LogP contribution in [0.2, 0.25) is 0 Å². The Hall–Kier alpha value is -2.62. The van der Waals surface area contributed by atoms with E-state index in [9.17, 15) is 4.79 Å². The number of hydrogen-bond donors (Lipinski definition) is 1. The molecule has 3 heterocycles. The van der Waals surface area contributed by atoms with Gasteiger partial charge in [0.05, 0.1) is 12.8 Å². The van der Waals surface area contributed by atoms with E-state index in [1.165, 1.54) is 6.33 Å². The van der Waals surface area contributed by atoms with Crippen molar-refractivity contribution in [1.82, 2.24) is 19.9 Å². The minimum atomic E-state index is -2.20. The van der Waals surface area contributed by atoms with Gasteiger partial charge in [-0.2, -0.15) is 0 Å². The molecule has 2 aromatic rings. The maximum atomic E-state index is 12.2. The summed E-state index contributed by atoms with van der Waals surface area (Å²) in [6, 6.07) is -0.261. The van der Waals surface area contributed by atoms with Crippen molar-refractivity contribution in [2.45, 2.75) is 26.2 Å². The SMILES string of the molecule is [2H]c1c(C)[nH]c2ncnc(N(C)[C@H]3CN(C(=O)C[N+]#[C-])CC[C@H]3C([2H])([2H])[2H])c12. The molecule has 1 amide bonds. The van der Waals surface area contributed by atoms with Crippen LogP contribution in [0.3, 0.4) is 0 Å². The number of likely N-dealkylation sites (N-methyl/N-ethyl adjacent to an activating group) is 1. The van der Waals surface area contributed by atoms with Crippen LogP contribution in [0.5, 0.6) is 0 Å². The molecule has 24 heavy (non-hydrogen) atoms. The topological polar surface area (TPSA) is 69.5 Å². The second-order valence-corrected chi connectivity index (χ2v) is 6.03. The minimum absolute atomic E-state index is 0.191. The molecule has 1 saturated heterocycles. The number of likely N-dealkylation sites (tertiary alicyclic amines) is 1. The summed E-state index contributed by atoms with van der Waals surface area (Å²) >= 11 is 0. The van der Waals surface area contributed by atoms with Crippen molar-refractivity contribution in [2.24, 2.45) is 5.92 Å². The summed E-state index contributed by atoms with van der Waals surface area (Å²) in [6.07, 6.45) is 1.68. The molecular weight excluding hydrogens is 304 g/mol. The van der Waals surface area contributed by atoms with Gasteiger partial charge >= 0.3 is 5.91 Å². The maximum Gasteiger partial charge on any atom is 0.302 e. The number of aryl methyl sites for hydroxylation is 1. The molecule has 1 N–H and O–H groups in total. The van der Waals surface area contributed by atoms with Gasteiger partial charge in [0.2, 0.25) is 0 Å². The lowest BCUT2D eigenvalue weighted by Crippen LogP contribution is -2.53. The van der Waals surface area contributed by atoms with Crippen LogP contribution in [0.1, 0.15) is 24.4 Å². The van der Waals surface area contributed by atoms with Crippen molar-refractivity contribution in [1.29, 1.82) is 0 Å². The number of H-pyrrole nitrogens is 1. The zero-order valence-corrected chi connectivity index (χ0v) is 13.7. The third kappa shape index (κ3) is 2.92. The van der Waals surface area contributed by atoms with Gasteiger partial charge in [-0.25, -0.2) is 16.5 Å². The van der Waals surface area contributed by atoms with Crippen LogP contribution in [0.25, 0.3) is 15.9 Å². The van der Waals surface area contributed by atoms with E-state index in [4.69, 9.17) is 12.1 Å². The molecule has 126 valence electrons. The summed E-state index contributed by atoms with van der Waals surface area (Å²) in [6.45, 7) is 6.74. The number of carbonyl (C=O) groups excluding carboxylic acids is 1. The highest BCUT2D eigenvalue weighted by Crippen LogP contribution is 2.29. The van der Waals surface area contributed by atoms with Crippen LogP contribution in [0.4, 0.5) is 5.82 Å². The zero-order valence-electron chi connectivity index (χ0n) is 17.7. The smallest absolute Gasteiger partial charge is 0.302 e. The van der Waals surface area contributed by atoms with Crippen molar-refractivity contribution in [2.75, 3.05) is 31.6 Å². The Morgan fingerprint density at radius 2 is 2.50 bits per heavy atom. The largest absolute Gasteiger partial charge is 0.354 e. The fourth-order valence-corrected chi connectivity index (χ4v) is 3.13.